The summed E-state index contributed by atoms with van der Waals surface area (Å²) in [6.45, 7) is 0. The van der Waals surface area contributed by atoms with Crippen molar-refractivity contribution in [2.24, 2.45) is 17.8 Å². The van der Waals surface area contributed by atoms with Crippen molar-refractivity contribution in [3.63, 3.8) is 0 Å². The first-order chi connectivity index (χ1) is 18.3. The molecule has 196 valence electrons. The summed E-state index contributed by atoms with van der Waals surface area (Å²) in [6.07, 6.45) is 5.13. The first-order valence-electron chi connectivity index (χ1n) is 12.5. The quantitative estimate of drug-likeness (QED) is 0.286. The van der Waals surface area contributed by atoms with Crippen LogP contribution in [0.5, 0.6) is 5.75 Å². The van der Waals surface area contributed by atoms with Crippen LogP contribution in [0.25, 0.3) is 33.5 Å². The number of aromatic amines is 1. The third-order valence-corrected chi connectivity index (χ3v) is 7.94. The Labute approximate surface area is 216 Å². The van der Waals surface area contributed by atoms with E-state index in [9.17, 15) is 23.1 Å². The zero-order valence-electron chi connectivity index (χ0n) is 20.5. The molecule has 3 saturated carbocycles. The summed E-state index contributed by atoms with van der Waals surface area (Å²) in [6, 6.07) is 7.71. The number of nitrogens with zero attached hydrogens (tertiary/aromatic N) is 2. The summed E-state index contributed by atoms with van der Waals surface area (Å²) >= 11 is 0. The second-order valence-electron chi connectivity index (χ2n) is 10.0. The molecule has 0 spiro atoms. The SMILES string of the molecule is COc1ccc(-c2cc(N[C@H]3C4CCC(CC4)[C@@H]3C(=O)O)nc(-c3c[nH]c4c(F)cc(F)cc34)n2)cc1F. The number of hydrogen-bond donors (Lipinski definition) is 3. The Morgan fingerprint density at radius 2 is 1.79 bits per heavy atom. The summed E-state index contributed by atoms with van der Waals surface area (Å²) in [7, 11) is 1.37. The Hall–Kier alpha value is -4.08. The molecule has 2 atom stereocenters. The third kappa shape index (κ3) is 4.13. The highest BCUT2D eigenvalue weighted by atomic mass is 19.1. The number of carboxylic acids is 1. The normalized spacial score (nSPS) is 22.5. The Kier molecular flexibility index (Phi) is 5.97. The molecule has 7 nitrogen and oxygen atoms in total. The van der Waals surface area contributed by atoms with Crippen molar-refractivity contribution in [2.75, 3.05) is 12.4 Å². The Balaban J connectivity index is 1.48. The number of rotatable bonds is 6. The van der Waals surface area contributed by atoms with E-state index in [1.54, 1.807) is 12.1 Å². The van der Waals surface area contributed by atoms with Crippen LogP contribution < -0.4 is 10.1 Å². The number of hydrogen-bond acceptors (Lipinski definition) is 5. The molecule has 3 aliphatic rings. The van der Waals surface area contributed by atoms with Gasteiger partial charge in [0, 0.05) is 40.9 Å². The number of aliphatic carboxylic acids is 1. The molecule has 0 amide bonds. The van der Waals surface area contributed by atoms with E-state index in [1.807, 2.05) is 0 Å². The van der Waals surface area contributed by atoms with Crippen LogP contribution in [0.15, 0.2) is 42.6 Å². The standard InChI is InChI=1S/C28H25F3N4O3/c1-38-22-7-6-15(8-19(22)30)21-11-23(34-25-14-4-2-13(3-5-14)24(25)28(36)37)35-27(33-21)18-12-32-26-17(18)9-16(29)10-20(26)31/h6-14,24-25,32H,2-5H2,1H3,(H,36,37)(H,33,34,35)/t13?,14?,24-,25-/m0/s1. The Morgan fingerprint density at radius 1 is 1.03 bits per heavy atom. The predicted molar refractivity (Wildman–Crippen MR) is 135 cm³/mol. The van der Waals surface area contributed by atoms with E-state index < -0.39 is 29.3 Å². The zero-order chi connectivity index (χ0) is 26.6. The van der Waals surface area contributed by atoms with Gasteiger partial charge in [0.1, 0.15) is 17.5 Å². The van der Waals surface area contributed by atoms with Crippen molar-refractivity contribution in [3.8, 4) is 28.4 Å². The van der Waals surface area contributed by atoms with Gasteiger partial charge in [0.2, 0.25) is 0 Å². The maximum atomic E-state index is 14.6. The lowest BCUT2D eigenvalue weighted by atomic mass is 9.61. The van der Waals surface area contributed by atoms with E-state index in [0.29, 0.717) is 22.6 Å². The topological polar surface area (TPSA) is 100 Å². The number of carboxylic acid groups (broad SMARTS) is 1. The van der Waals surface area contributed by atoms with Crippen LogP contribution in [0.2, 0.25) is 0 Å². The van der Waals surface area contributed by atoms with Crippen LogP contribution in [0.4, 0.5) is 19.0 Å². The minimum absolute atomic E-state index is 0.0755. The number of anilines is 1. The van der Waals surface area contributed by atoms with Crippen molar-refractivity contribution in [2.45, 2.75) is 31.7 Å². The van der Waals surface area contributed by atoms with Crippen LogP contribution in [0.3, 0.4) is 0 Å². The van der Waals surface area contributed by atoms with E-state index in [4.69, 9.17) is 4.74 Å². The number of ether oxygens (including phenoxy) is 1. The second-order valence-corrected chi connectivity index (χ2v) is 10.0. The highest BCUT2D eigenvalue weighted by Gasteiger charge is 2.47. The van der Waals surface area contributed by atoms with Gasteiger partial charge in [-0.15, -0.1) is 0 Å². The van der Waals surface area contributed by atoms with Crippen molar-refractivity contribution >= 4 is 22.7 Å². The number of nitrogens with one attached hydrogen (secondary N) is 2. The summed E-state index contributed by atoms with van der Waals surface area (Å²) in [5, 5.41) is 13.6. The maximum absolute atomic E-state index is 14.6. The van der Waals surface area contributed by atoms with E-state index >= 15 is 0 Å². The lowest BCUT2D eigenvalue weighted by Crippen LogP contribution is -2.51. The highest BCUT2D eigenvalue weighted by Crippen LogP contribution is 2.46. The highest BCUT2D eigenvalue weighted by molar-refractivity contribution is 5.94. The molecule has 2 aromatic carbocycles. The van der Waals surface area contributed by atoms with E-state index in [2.05, 4.69) is 20.3 Å². The van der Waals surface area contributed by atoms with Gasteiger partial charge < -0.3 is 20.1 Å². The minimum Gasteiger partial charge on any atom is -0.494 e. The van der Waals surface area contributed by atoms with Crippen molar-refractivity contribution in [1.29, 1.82) is 0 Å². The van der Waals surface area contributed by atoms with E-state index in [-0.39, 0.29) is 40.4 Å². The molecule has 3 fully saturated rings. The molecule has 0 unspecified atom stereocenters. The van der Waals surface area contributed by atoms with Gasteiger partial charge in [-0.25, -0.2) is 23.1 Å². The van der Waals surface area contributed by atoms with Gasteiger partial charge in [0.25, 0.3) is 0 Å². The number of fused-ring (bicyclic) bond motifs is 4. The summed E-state index contributed by atoms with van der Waals surface area (Å²) in [5.41, 5.74) is 1.26. The lowest BCUT2D eigenvalue weighted by Gasteiger charge is -2.47. The summed E-state index contributed by atoms with van der Waals surface area (Å²) in [5.74, 6) is -2.61. The summed E-state index contributed by atoms with van der Waals surface area (Å²) < 4.78 is 48.1. The third-order valence-electron chi connectivity index (χ3n) is 7.94. The number of benzene rings is 2. The molecule has 0 radical (unpaired) electrons. The number of carbonyl (C=O) groups is 1. The van der Waals surface area contributed by atoms with E-state index in [0.717, 1.165) is 31.7 Å². The summed E-state index contributed by atoms with van der Waals surface area (Å²) in [4.78, 5) is 24.3. The fourth-order valence-electron chi connectivity index (χ4n) is 6.14. The van der Waals surface area contributed by atoms with Gasteiger partial charge in [0.15, 0.2) is 17.4 Å². The van der Waals surface area contributed by atoms with Gasteiger partial charge in [-0.1, -0.05) is 0 Å². The number of aromatic nitrogens is 3. The van der Waals surface area contributed by atoms with Crippen LogP contribution in [-0.4, -0.2) is 39.2 Å². The van der Waals surface area contributed by atoms with Crippen molar-refractivity contribution < 1.29 is 27.8 Å². The molecule has 38 heavy (non-hydrogen) atoms. The van der Waals surface area contributed by atoms with Gasteiger partial charge >= 0.3 is 5.97 Å². The maximum Gasteiger partial charge on any atom is 0.308 e. The molecule has 2 aromatic heterocycles. The molecule has 10 heteroatoms. The van der Waals surface area contributed by atoms with Gasteiger partial charge in [-0.05, 0) is 61.8 Å². The molecule has 4 aromatic rings. The average molecular weight is 523 g/mol. The van der Waals surface area contributed by atoms with Gasteiger partial charge in [-0.3, -0.25) is 4.79 Å². The molecule has 0 aliphatic heterocycles. The molecule has 2 heterocycles. The van der Waals surface area contributed by atoms with Gasteiger partial charge in [0.05, 0.1) is 24.2 Å². The molecular weight excluding hydrogens is 497 g/mol. The lowest BCUT2D eigenvalue weighted by molar-refractivity contribution is -0.148. The molecule has 7 rings (SSSR count). The van der Waals surface area contributed by atoms with Crippen LogP contribution in [0, 0.1) is 35.2 Å². The van der Waals surface area contributed by atoms with Crippen molar-refractivity contribution in [1.82, 2.24) is 15.0 Å². The minimum atomic E-state index is -0.841. The molecule has 3 N–H and O–H groups in total. The van der Waals surface area contributed by atoms with Crippen LogP contribution in [-0.2, 0) is 4.79 Å². The fourth-order valence-corrected chi connectivity index (χ4v) is 6.14. The fraction of sp³-hybridized carbons (Fsp3) is 0.321. The molecule has 0 saturated heterocycles. The smallest absolute Gasteiger partial charge is 0.308 e. The number of methoxy groups -OCH3 is 1. The predicted octanol–water partition coefficient (Wildman–Crippen LogP) is 6.02. The van der Waals surface area contributed by atoms with Crippen LogP contribution >= 0.6 is 0 Å². The number of halogens is 3. The molecule has 3 aliphatic carbocycles. The van der Waals surface area contributed by atoms with Crippen molar-refractivity contribution in [3.05, 3.63) is 60.0 Å². The Bertz CT molecular complexity index is 1550. The van der Waals surface area contributed by atoms with E-state index in [1.165, 1.54) is 31.5 Å². The second kappa shape index (κ2) is 9.34. The monoisotopic (exact) mass is 522 g/mol. The zero-order valence-corrected chi connectivity index (χ0v) is 20.5. The van der Waals surface area contributed by atoms with Crippen LogP contribution in [0.1, 0.15) is 25.7 Å². The number of H-pyrrole nitrogens is 1. The average Bonchev–Trinajstić information content (AvgIpc) is 3.33. The largest absolute Gasteiger partial charge is 0.494 e. The Morgan fingerprint density at radius 3 is 2.50 bits per heavy atom. The molecular formula is C28H25F3N4O3. The first kappa shape index (κ1) is 24.3. The molecule has 2 bridgehead atoms. The van der Waals surface area contributed by atoms with Gasteiger partial charge in [-0.2, -0.15) is 0 Å². The first-order valence-corrected chi connectivity index (χ1v) is 12.5.